The molecular weight excluding hydrogens is 661 g/mol. The number of hydrogen-bond donors (Lipinski definition) is 0. The van der Waals surface area contributed by atoms with Crippen molar-refractivity contribution >= 4 is 43.1 Å². The summed E-state index contributed by atoms with van der Waals surface area (Å²) in [5, 5.41) is 10.3. The maximum atomic E-state index is 2.53. The first-order valence-corrected chi connectivity index (χ1v) is 19.4. The first kappa shape index (κ1) is 31.7. The molecule has 0 unspecified atom stereocenters. The van der Waals surface area contributed by atoms with E-state index in [9.17, 15) is 0 Å². The zero-order valence-corrected chi connectivity index (χ0v) is 31.0. The van der Waals surface area contributed by atoms with Crippen LogP contribution >= 0.6 is 0 Å². The SMILES string of the molecule is CC1(C)c2cc(-c3c4ccccc4c(-c4ccccc4)c4ccccc34)ccc2-c2cc3c(-c4ccccc4)c4ccccc4c(-c4ccccc4)c3cc21. The highest BCUT2D eigenvalue weighted by Crippen LogP contribution is 2.54. The van der Waals surface area contributed by atoms with Crippen molar-refractivity contribution in [2.45, 2.75) is 19.3 Å². The lowest BCUT2D eigenvalue weighted by Gasteiger charge is -2.24. The van der Waals surface area contributed by atoms with E-state index in [2.05, 4.69) is 208 Å². The van der Waals surface area contributed by atoms with E-state index in [0.717, 1.165) is 0 Å². The van der Waals surface area contributed by atoms with E-state index in [1.165, 1.54) is 110 Å². The number of benzene rings is 10. The molecule has 0 heterocycles. The second kappa shape index (κ2) is 12.1. The average Bonchev–Trinajstić information content (AvgIpc) is 3.46. The van der Waals surface area contributed by atoms with E-state index < -0.39 is 0 Å². The van der Waals surface area contributed by atoms with Crippen molar-refractivity contribution in [2.24, 2.45) is 0 Å². The highest BCUT2D eigenvalue weighted by molar-refractivity contribution is 6.23. The minimum atomic E-state index is -0.211. The van der Waals surface area contributed by atoms with Crippen LogP contribution in [0, 0.1) is 0 Å². The third-order valence-electron chi connectivity index (χ3n) is 12.2. The fourth-order valence-electron chi connectivity index (χ4n) is 9.75. The topological polar surface area (TPSA) is 0 Å². The van der Waals surface area contributed by atoms with Crippen molar-refractivity contribution in [2.75, 3.05) is 0 Å². The Bertz CT molecular complexity index is 3080. The van der Waals surface area contributed by atoms with Crippen LogP contribution in [0.2, 0.25) is 0 Å². The summed E-state index contributed by atoms with van der Waals surface area (Å²) in [5.41, 5.74) is 15.4. The van der Waals surface area contributed by atoms with Gasteiger partial charge in [0.2, 0.25) is 0 Å². The largest absolute Gasteiger partial charge is 0.0622 e. The standard InChI is InChI=1S/C55H38/c1-55(2)49-32-38(54-44-28-16-12-24-40(44)51(35-18-6-3-7-19-35)41-25-13-17-29-45(41)54)30-31-39(49)46-33-47-48(34-50(46)55)53(37-22-10-5-11-23-37)43-27-15-14-26-42(43)52(47)36-20-8-4-9-21-36/h3-34H,1-2H3. The molecule has 0 fully saturated rings. The van der Waals surface area contributed by atoms with Crippen LogP contribution in [0.5, 0.6) is 0 Å². The molecule has 1 aliphatic rings. The van der Waals surface area contributed by atoms with Crippen LogP contribution in [0.15, 0.2) is 194 Å². The van der Waals surface area contributed by atoms with Gasteiger partial charge in [-0.2, -0.15) is 0 Å². The molecule has 258 valence electrons. The van der Waals surface area contributed by atoms with Gasteiger partial charge < -0.3 is 0 Å². The quantitative estimate of drug-likeness (QED) is 0.161. The summed E-state index contributed by atoms with van der Waals surface area (Å²) in [6, 6.07) is 72.0. The molecule has 0 aliphatic heterocycles. The molecule has 0 saturated heterocycles. The Morgan fingerprint density at radius 1 is 0.255 bits per heavy atom. The molecule has 0 amide bonds. The van der Waals surface area contributed by atoms with E-state index >= 15 is 0 Å². The Balaban J connectivity index is 1.20. The van der Waals surface area contributed by atoms with Crippen LogP contribution in [-0.2, 0) is 5.41 Å². The van der Waals surface area contributed by atoms with Gasteiger partial charge in [-0.15, -0.1) is 0 Å². The van der Waals surface area contributed by atoms with E-state index in [-0.39, 0.29) is 5.41 Å². The Labute approximate surface area is 322 Å². The van der Waals surface area contributed by atoms with Gasteiger partial charge >= 0.3 is 0 Å². The second-order valence-corrected chi connectivity index (χ2v) is 15.6. The van der Waals surface area contributed by atoms with Crippen molar-refractivity contribution < 1.29 is 0 Å². The molecule has 55 heavy (non-hydrogen) atoms. The summed E-state index contributed by atoms with van der Waals surface area (Å²) in [6.45, 7) is 4.84. The van der Waals surface area contributed by atoms with Gasteiger partial charge in [0.15, 0.2) is 0 Å². The van der Waals surface area contributed by atoms with Gasteiger partial charge in [-0.25, -0.2) is 0 Å². The van der Waals surface area contributed by atoms with Gasteiger partial charge in [-0.3, -0.25) is 0 Å². The van der Waals surface area contributed by atoms with Crippen LogP contribution < -0.4 is 0 Å². The summed E-state index contributed by atoms with van der Waals surface area (Å²) in [6.07, 6.45) is 0. The lowest BCUT2D eigenvalue weighted by atomic mass is 9.79. The predicted molar refractivity (Wildman–Crippen MR) is 236 cm³/mol. The van der Waals surface area contributed by atoms with Crippen molar-refractivity contribution in [3.63, 3.8) is 0 Å². The molecule has 11 rings (SSSR count). The summed E-state index contributed by atoms with van der Waals surface area (Å²) in [5.74, 6) is 0. The van der Waals surface area contributed by atoms with Gasteiger partial charge in [0.05, 0.1) is 0 Å². The van der Waals surface area contributed by atoms with Crippen LogP contribution in [0.1, 0.15) is 25.0 Å². The highest BCUT2D eigenvalue weighted by Gasteiger charge is 2.37. The summed E-state index contributed by atoms with van der Waals surface area (Å²) in [7, 11) is 0. The molecule has 0 aromatic heterocycles. The summed E-state index contributed by atoms with van der Waals surface area (Å²) in [4.78, 5) is 0. The van der Waals surface area contributed by atoms with E-state index in [1.807, 2.05) is 0 Å². The monoisotopic (exact) mass is 698 g/mol. The fraction of sp³-hybridized carbons (Fsp3) is 0.0545. The smallest absolute Gasteiger partial charge is 0.0159 e. The zero-order valence-electron chi connectivity index (χ0n) is 31.0. The average molecular weight is 699 g/mol. The van der Waals surface area contributed by atoms with Gasteiger partial charge in [-0.05, 0) is 128 Å². The predicted octanol–water partition coefficient (Wildman–Crippen LogP) is 15.3. The molecule has 10 aromatic carbocycles. The lowest BCUT2D eigenvalue weighted by molar-refractivity contribution is 0.661. The molecule has 0 bridgehead atoms. The molecular formula is C55H38. The maximum absolute atomic E-state index is 2.53. The molecule has 0 heteroatoms. The normalized spacial score (nSPS) is 13.1. The molecule has 10 aromatic rings. The Morgan fingerprint density at radius 3 is 1.00 bits per heavy atom. The van der Waals surface area contributed by atoms with Gasteiger partial charge in [0.25, 0.3) is 0 Å². The molecule has 0 atom stereocenters. The van der Waals surface area contributed by atoms with Gasteiger partial charge in [0, 0.05) is 5.41 Å². The number of hydrogen-bond acceptors (Lipinski definition) is 0. The Kier molecular flexibility index (Phi) is 7.00. The molecule has 0 N–H and O–H groups in total. The van der Waals surface area contributed by atoms with Crippen molar-refractivity contribution in [3.05, 3.63) is 205 Å². The highest BCUT2D eigenvalue weighted by atomic mass is 14.4. The van der Waals surface area contributed by atoms with E-state index in [1.54, 1.807) is 0 Å². The number of rotatable bonds is 4. The molecule has 1 aliphatic carbocycles. The Morgan fingerprint density at radius 2 is 0.582 bits per heavy atom. The van der Waals surface area contributed by atoms with Crippen molar-refractivity contribution in [1.82, 2.24) is 0 Å². The van der Waals surface area contributed by atoms with Gasteiger partial charge in [0.1, 0.15) is 0 Å². The lowest BCUT2D eigenvalue weighted by Crippen LogP contribution is -2.15. The van der Waals surface area contributed by atoms with Crippen molar-refractivity contribution in [1.29, 1.82) is 0 Å². The summed E-state index contributed by atoms with van der Waals surface area (Å²) < 4.78 is 0. The van der Waals surface area contributed by atoms with E-state index in [4.69, 9.17) is 0 Å². The number of fused-ring (bicyclic) bond motifs is 7. The third kappa shape index (κ3) is 4.71. The molecule has 0 nitrogen and oxygen atoms in total. The minimum absolute atomic E-state index is 0.211. The summed E-state index contributed by atoms with van der Waals surface area (Å²) >= 11 is 0. The zero-order chi connectivity index (χ0) is 36.7. The van der Waals surface area contributed by atoms with Gasteiger partial charge in [-0.1, -0.05) is 190 Å². The van der Waals surface area contributed by atoms with Crippen LogP contribution in [0.3, 0.4) is 0 Å². The van der Waals surface area contributed by atoms with Crippen LogP contribution in [0.25, 0.3) is 98.7 Å². The fourth-order valence-corrected chi connectivity index (χ4v) is 9.75. The van der Waals surface area contributed by atoms with E-state index in [0.29, 0.717) is 0 Å². The minimum Gasteiger partial charge on any atom is -0.0622 e. The first-order chi connectivity index (χ1) is 27.1. The molecule has 0 spiro atoms. The Hall–Kier alpha value is -6.76. The molecule has 0 radical (unpaired) electrons. The third-order valence-corrected chi connectivity index (χ3v) is 12.2. The first-order valence-electron chi connectivity index (χ1n) is 19.4. The second-order valence-electron chi connectivity index (χ2n) is 15.6. The maximum Gasteiger partial charge on any atom is 0.0159 e. The van der Waals surface area contributed by atoms with Crippen LogP contribution in [0.4, 0.5) is 0 Å². The van der Waals surface area contributed by atoms with Crippen LogP contribution in [-0.4, -0.2) is 0 Å². The van der Waals surface area contributed by atoms with Crippen molar-refractivity contribution in [3.8, 4) is 55.6 Å². The molecule has 0 saturated carbocycles.